The molecule has 0 aromatic heterocycles. The van der Waals surface area contributed by atoms with E-state index in [0.29, 0.717) is 52.4 Å². The highest BCUT2D eigenvalue weighted by atomic mass is 16.6. The fraction of sp³-hybridized carbons (Fsp3) is 0.933. The fourth-order valence-corrected chi connectivity index (χ4v) is 1.66. The summed E-state index contributed by atoms with van der Waals surface area (Å²) < 4.78 is 21.0. The van der Waals surface area contributed by atoms with Gasteiger partial charge in [-0.1, -0.05) is 0 Å². The molecule has 126 valence electrons. The van der Waals surface area contributed by atoms with Gasteiger partial charge in [0.1, 0.15) is 5.60 Å². The third-order valence-electron chi connectivity index (χ3n) is 2.67. The maximum absolute atomic E-state index is 12.0. The van der Waals surface area contributed by atoms with Crippen molar-refractivity contribution in [3.05, 3.63) is 0 Å². The van der Waals surface area contributed by atoms with Crippen LogP contribution in [-0.4, -0.2) is 58.3 Å². The smallest absolute Gasteiger partial charge is 0.309 e. The Morgan fingerprint density at radius 1 is 1.00 bits per heavy atom. The van der Waals surface area contributed by atoms with E-state index in [1.807, 2.05) is 20.8 Å². The number of carbonyl (C=O) groups is 1. The second-order valence-corrected chi connectivity index (χ2v) is 5.81. The molecule has 6 heteroatoms. The van der Waals surface area contributed by atoms with Crippen LogP contribution in [0.1, 0.15) is 33.6 Å². The van der Waals surface area contributed by atoms with Gasteiger partial charge in [-0.25, -0.2) is 0 Å². The van der Waals surface area contributed by atoms with Crippen molar-refractivity contribution in [3.63, 3.8) is 0 Å². The molecule has 0 aliphatic carbocycles. The van der Waals surface area contributed by atoms with Crippen LogP contribution in [0.15, 0.2) is 0 Å². The number of ether oxygens (including phenoxy) is 4. The second-order valence-electron chi connectivity index (χ2n) is 5.81. The molecule has 6 nitrogen and oxygen atoms in total. The van der Waals surface area contributed by atoms with Crippen molar-refractivity contribution < 1.29 is 23.7 Å². The number of hydrogen-bond acceptors (Lipinski definition) is 6. The van der Waals surface area contributed by atoms with Crippen LogP contribution in [0.2, 0.25) is 0 Å². The molecule has 0 aliphatic rings. The zero-order valence-corrected chi connectivity index (χ0v) is 13.9. The molecular weight excluding hydrogens is 274 g/mol. The average Bonchev–Trinajstić information content (AvgIpc) is 2.38. The Labute approximate surface area is 128 Å². The summed E-state index contributed by atoms with van der Waals surface area (Å²) in [6, 6.07) is 0. The fourth-order valence-electron chi connectivity index (χ4n) is 1.66. The SMILES string of the molecule is COCCOCCOCCC(CCN)C(=O)OC(C)(C)C. The standard InChI is InChI=1S/C15H31NO5/c1-15(2,3)21-14(17)13(5-7-16)6-8-19-11-12-20-10-9-18-4/h13H,5-12,16H2,1-4H3. The van der Waals surface area contributed by atoms with Gasteiger partial charge >= 0.3 is 5.97 Å². The normalized spacial score (nSPS) is 13.2. The molecule has 0 aromatic rings. The van der Waals surface area contributed by atoms with Crippen LogP contribution in [0.4, 0.5) is 0 Å². The molecule has 0 heterocycles. The van der Waals surface area contributed by atoms with E-state index < -0.39 is 5.60 Å². The van der Waals surface area contributed by atoms with E-state index in [9.17, 15) is 4.79 Å². The van der Waals surface area contributed by atoms with E-state index in [1.54, 1.807) is 7.11 Å². The van der Waals surface area contributed by atoms with E-state index in [0.717, 1.165) is 0 Å². The molecule has 0 aliphatic heterocycles. The minimum atomic E-state index is -0.472. The highest BCUT2D eigenvalue weighted by Crippen LogP contribution is 2.16. The first-order valence-electron chi connectivity index (χ1n) is 7.48. The van der Waals surface area contributed by atoms with Crippen LogP contribution in [-0.2, 0) is 23.7 Å². The van der Waals surface area contributed by atoms with Gasteiger partial charge in [-0.05, 0) is 40.2 Å². The summed E-state index contributed by atoms with van der Waals surface area (Å²) >= 11 is 0. The van der Waals surface area contributed by atoms with Gasteiger partial charge in [0.05, 0.1) is 32.3 Å². The number of esters is 1. The Morgan fingerprint density at radius 2 is 1.57 bits per heavy atom. The van der Waals surface area contributed by atoms with E-state index >= 15 is 0 Å². The monoisotopic (exact) mass is 305 g/mol. The van der Waals surface area contributed by atoms with Gasteiger partial charge in [-0.15, -0.1) is 0 Å². The summed E-state index contributed by atoms with van der Waals surface area (Å²) in [5.41, 5.74) is 5.08. The highest BCUT2D eigenvalue weighted by Gasteiger charge is 2.24. The van der Waals surface area contributed by atoms with Crippen molar-refractivity contribution in [1.29, 1.82) is 0 Å². The van der Waals surface area contributed by atoms with Gasteiger partial charge in [0.25, 0.3) is 0 Å². The molecular formula is C15H31NO5. The molecule has 0 amide bonds. The number of hydrogen-bond donors (Lipinski definition) is 1. The first-order chi connectivity index (χ1) is 9.90. The summed E-state index contributed by atoms with van der Waals surface area (Å²) in [6.07, 6.45) is 1.23. The summed E-state index contributed by atoms with van der Waals surface area (Å²) in [4.78, 5) is 12.0. The topological polar surface area (TPSA) is 80.0 Å². The largest absolute Gasteiger partial charge is 0.460 e. The summed E-state index contributed by atoms with van der Waals surface area (Å²) in [7, 11) is 1.63. The van der Waals surface area contributed by atoms with Gasteiger partial charge in [0.2, 0.25) is 0 Å². The average molecular weight is 305 g/mol. The van der Waals surface area contributed by atoms with Gasteiger partial charge in [-0.2, -0.15) is 0 Å². The van der Waals surface area contributed by atoms with Crippen molar-refractivity contribution in [3.8, 4) is 0 Å². The first kappa shape index (κ1) is 20.3. The second kappa shape index (κ2) is 11.9. The minimum Gasteiger partial charge on any atom is -0.460 e. The maximum Gasteiger partial charge on any atom is 0.309 e. The predicted molar refractivity (Wildman–Crippen MR) is 81.1 cm³/mol. The maximum atomic E-state index is 12.0. The van der Waals surface area contributed by atoms with Crippen molar-refractivity contribution >= 4 is 5.97 Å². The third kappa shape index (κ3) is 12.7. The number of carbonyl (C=O) groups excluding carboxylic acids is 1. The Bertz CT molecular complexity index is 265. The zero-order valence-electron chi connectivity index (χ0n) is 13.9. The van der Waals surface area contributed by atoms with Gasteiger partial charge in [-0.3, -0.25) is 4.79 Å². The van der Waals surface area contributed by atoms with Gasteiger partial charge in [0.15, 0.2) is 0 Å². The quantitative estimate of drug-likeness (QED) is 0.433. The third-order valence-corrected chi connectivity index (χ3v) is 2.67. The van der Waals surface area contributed by atoms with Crippen molar-refractivity contribution in [1.82, 2.24) is 0 Å². The molecule has 0 aromatic carbocycles. The molecule has 1 unspecified atom stereocenters. The molecule has 1 atom stereocenters. The van der Waals surface area contributed by atoms with Crippen LogP contribution in [0, 0.1) is 5.92 Å². The number of nitrogens with two attached hydrogens (primary N) is 1. The molecule has 0 fully saturated rings. The van der Waals surface area contributed by atoms with Crippen LogP contribution in [0.3, 0.4) is 0 Å². The van der Waals surface area contributed by atoms with E-state index in [4.69, 9.17) is 24.7 Å². The lowest BCUT2D eigenvalue weighted by molar-refractivity contribution is -0.160. The van der Waals surface area contributed by atoms with E-state index in [1.165, 1.54) is 0 Å². The Morgan fingerprint density at radius 3 is 2.10 bits per heavy atom. The summed E-state index contributed by atoms with van der Waals surface area (Å²) in [5, 5.41) is 0. The van der Waals surface area contributed by atoms with Gasteiger partial charge in [0, 0.05) is 13.7 Å². The van der Waals surface area contributed by atoms with E-state index in [-0.39, 0.29) is 11.9 Å². The van der Waals surface area contributed by atoms with Crippen LogP contribution in [0.25, 0.3) is 0 Å². The van der Waals surface area contributed by atoms with Gasteiger partial charge < -0.3 is 24.7 Å². The Hall–Kier alpha value is -0.690. The predicted octanol–water partition coefficient (Wildman–Crippen LogP) is 1.36. The van der Waals surface area contributed by atoms with Crippen LogP contribution in [0.5, 0.6) is 0 Å². The minimum absolute atomic E-state index is 0.201. The van der Waals surface area contributed by atoms with E-state index in [2.05, 4.69) is 0 Å². The van der Waals surface area contributed by atoms with Crippen molar-refractivity contribution in [2.24, 2.45) is 11.7 Å². The zero-order chi connectivity index (χ0) is 16.1. The van der Waals surface area contributed by atoms with Crippen molar-refractivity contribution in [2.45, 2.75) is 39.2 Å². The molecule has 0 rings (SSSR count). The Balaban J connectivity index is 3.81. The number of rotatable bonds is 12. The molecule has 2 N–H and O–H groups in total. The lowest BCUT2D eigenvalue weighted by Crippen LogP contribution is -2.30. The molecule has 0 spiro atoms. The van der Waals surface area contributed by atoms with Crippen molar-refractivity contribution in [2.75, 3.05) is 46.7 Å². The molecule has 0 radical (unpaired) electrons. The van der Waals surface area contributed by atoms with Crippen LogP contribution < -0.4 is 5.73 Å². The molecule has 0 bridgehead atoms. The summed E-state index contributed by atoms with van der Waals surface area (Å²) in [5.74, 6) is -0.406. The Kier molecular flexibility index (Phi) is 11.5. The summed E-state index contributed by atoms with van der Waals surface area (Å²) in [6.45, 7) is 8.71. The first-order valence-corrected chi connectivity index (χ1v) is 7.48. The molecule has 0 saturated carbocycles. The lowest BCUT2D eigenvalue weighted by Gasteiger charge is -2.23. The van der Waals surface area contributed by atoms with Crippen LogP contribution >= 0.6 is 0 Å². The molecule has 21 heavy (non-hydrogen) atoms. The number of methoxy groups -OCH3 is 1. The molecule has 0 saturated heterocycles. The highest BCUT2D eigenvalue weighted by molar-refractivity contribution is 5.72. The lowest BCUT2D eigenvalue weighted by atomic mass is 10.0.